The minimum atomic E-state index is -4.92. The second kappa shape index (κ2) is 5.97. The van der Waals surface area contributed by atoms with Crippen molar-refractivity contribution in [2.75, 3.05) is 0 Å². The first kappa shape index (κ1) is 16.1. The quantitative estimate of drug-likeness (QED) is 0.634. The van der Waals surface area contributed by atoms with Gasteiger partial charge in [0.05, 0.1) is 12.5 Å². The van der Waals surface area contributed by atoms with Gasteiger partial charge in [-0.05, 0) is 12.1 Å². The van der Waals surface area contributed by atoms with Gasteiger partial charge >= 0.3 is 6.36 Å². The molecular weight excluding hydrogens is 283 g/mol. The van der Waals surface area contributed by atoms with Gasteiger partial charge in [0.25, 0.3) is 0 Å². The maximum Gasteiger partial charge on any atom is 0.573 e. The van der Waals surface area contributed by atoms with Crippen LogP contribution in [0.1, 0.15) is 18.1 Å². The van der Waals surface area contributed by atoms with E-state index >= 15 is 0 Å². The Morgan fingerprint density at radius 2 is 1.95 bits per heavy atom. The molecule has 1 rings (SSSR count). The van der Waals surface area contributed by atoms with Gasteiger partial charge < -0.3 is 25.8 Å². The van der Waals surface area contributed by atoms with Crippen molar-refractivity contribution >= 4 is 5.91 Å². The number of rotatable bonds is 5. The third kappa shape index (κ3) is 4.59. The van der Waals surface area contributed by atoms with Gasteiger partial charge in [-0.1, -0.05) is 0 Å². The van der Waals surface area contributed by atoms with Crippen molar-refractivity contribution in [1.29, 1.82) is 0 Å². The molecule has 112 valence electrons. The average molecular weight is 295 g/mol. The molecule has 2 unspecified atom stereocenters. The minimum Gasteiger partial charge on any atom is -0.507 e. The second-order valence-corrected chi connectivity index (χ2v) is 3.95. The number of ether oxygens (including phenoxy) is 1. The number of aromatic hydroxyl groups is 1. The number of aliphatic hydroxyl groups excluding tert-OH is 2. The minimum absolute atomic E-state index is 0.256. The van der Waals surface area contributed by atoms with Gasteiger partial charge in [0.15, 0.2) is 0 Å². The maximum absolute atomic E-state index is 12.0. The molecule has 0 aliphatic heterocycles. The summed E-state index contributed by atoms with van der Waals surface area (Å²) in [5.41, 5.74) is 4.57. The summed E-state index contributed by atoms with van der Waals surface area (Å²) in [4.78, 5) is 10.6. The van der Waals surface area contributed by atoms with E-state index in [-0.39, 0.29) is 5.56 Å². The molecule has 0 aromatic heterocycles. The van der Waals surface area contributed by atoms with Gasteiger partial charge in [0, 0.05) is 11.6 Å². The van der Waals surface area contributed by atoms with E-state index in [9.17, 15) is 33.3 Å². The molecule has 9 heteroatoms. The van der Waals surface area contributed by atoms with E-state index in [2.05, 4.69) is 4.74 Å². The van der Waals surface area contributed by atoms with Crippen LogP contribution in [0.15, 0.2) is 18.2 Å². The molecule has 1 aromatic carbocycles. The van der Waals surface area contributed by atoms with Gasteiger partial charge in [-0.2, -0.15) is 0 Å². The number of phenolic OH excluding ortho intramolecular Hbond substituents is 1. The lowest BCUT2D eigenvalue weighted by Gasteiger charge is -2.18. The first-order valence-corrected chi connectivity index (χ1v) is 5.33. The zero-order valence-corrected chi connectivity index (χ0v) is 9.96. The molecule has 0 bridgehead atoms. The lowest BCUT2D eigenvalue weighted by molar-refractivity contribution is -0.274. The highest BCUT2D eigenvalue weighted by atomic mass is 19.4. The van der Waals surface area contributed by atoms with Crippen LogP contribution in [0.2, 0.25) is 0 Å². The predicted molar refractivity (Wildman–Crippen MR) is 59.6 cm³/mol. The summed E-state index contributed by atoms with van der Waals surface area (Å²) in [6.45, 7) is 0. The fourth-order valence-electron chi connectivity index (χ4n) is 1.50. The zero-order valence-electron chi connectivity index (χ0n) is 9.96. The largest absolute Gasteiger partial charge is 0.573 e. The zero-order chi connectivity index (χ0) is 15.5. The molecule has 1 aromatic rings. The standard InChI is InChI=1S/C11H12F3NO5/c12-11(13,14)20-5-1-2-6(7(16)3-5)10(19)8(17)4-9(15)18/h1-3,8,10,16-17,19H,4H2,(H2,15,18). The topological polar surface area (TPSA) is 113 Å². The van der Waals surface area contributed by atoms with E-state index in [0.29, 0.717) is 6.07 Å². The van der Waals surface area contributed by atoms with Crippen LogP contribution in [0.4, 0.5) is 13.2 Å². The van der Waals surface area contributed by atoms with Crippen LogP contribution >= 0.6 is 0 Å². The molecule has 0 saturated carbocycles. The van der Waals surface area contributed by atoms with Crippen LogP contribution in [0, 0.1) is 0 Å². The Labute approximate surface area is 111 Å². The van der Waals surface area contributed by atoms with E-state index < -0.39 is 42.4 Å². The highest BCUT2D eigenvalue weighted by Crippen LogP contribution is 2.33. The lowest BCUT2D eigenvalue weighted by atomic mass is 10.0. The Morgan fingerprint density at radius 1 is 1.35 bits per heavy atom. The number of hydrogen-bond acceptors (Lipinski definition) is 5. The number of phenols is 1. The van der Waals surface area contributed by atoms with E-state index in [1.807, 2.05) is 0 Å². The molecule has 0 spiro atoms. The molecule has 2 atom stereocenters. The number of carbonyl (C=O) groups is 1. The molecule has 0 saturated heterocycles. The normalized spacial score (nSPS) is 14.7. The number of halogens is 3. The fraction of sp³-hybridized carbons (Fsp3) is 0.364. The molecule has 5 N–H and O–H groups in total. The van der Waals surface area contributed by atoms with Gasteiger partial charge in [-0.25, -0.2) is 0 Å². The molecular formula is C11H12F3NO5. The SMILES string of the molecule is NC(=O)CC(O)C(O)c1ccc(OC(F)(F)F)cc1O. The van der Waals surface area contributed by atoms with E-state index in [4.69, 9.17) is 5.73 Å². The second-order valence-electron chi connectivity index (χ2n) is 3.95. The van der Waals surface area contributed by atoms with Crippen molar-refractivity contribution in [2.24, 2.45) is 5.73 Å². The van der Waals surface area contributed by atoms with E-state index in [1.54, 1.807) is 0 Å². The Bertz CT molecular complexity index is 491. The van der Waals surface area contributed by atoms with Crippen molar-refractivity contribution in [1.82, 2.24) is 0 Å². The van der Waals surface area contributed by atoms with Gasteiger partial charge in [0.2, 0.25) is 5.91 Å². The number of primary amides is 1. The third-order valence-corrected chi connectivity index (χ3v) is 2.33. The predicted octanol–water partition coefficient (Wildman–Crippen LogP) is 0.560. The number of carbonyl (C=O) groups excluding carboxylic acids is 1. The first-order chi connectivity index (χ1) is 9.10. The summed E-state index contributed by atoms with van der Waals surface area (Å²) in [5, 5.41) is 28.6. The molecule has 1 amide bonds. The lowest BCUT2D eigenvalue weighted by Crippen LogP contribution is -2.25. The van der Waals surface area contributed by atoms with Crippen LogP contribution in [0.5, 0.6) is 11.5 Å². The van der Waals surface area contributed by atoms with E-state index in [1.165, 1.54) is 0 Å². The van der Waals surface area contributed by atoms with Gasteiger partial charge in [0.1, 0.15) is 17.6 Å². The number of amides is 1. The van der Waals surface area contributed by atoms with Crippen LogP contribution in [0.3, 0.4) is 0 Å². The Morgan fingerprint density at radius 3 is 2.40 bits per heavy atom. The summed E-state index contributed by atoms with van der Waals surface area (Å²) in [6.07, 6.45) is -8.75. The highest BCUT2D eigenvalue weighted by molar-refractivity contribution is 5.74. The smallest absolute Gasteiger partial charge is 0.507 e. The summed E-state index contributed by atoms with van der Waals surface area (Å²) in [6, 6.07) is 2.41. The van der Waals surface area contributed by atoms with Crippen molar-refractivity contribution < 1.29 is 38.0 Å². The molecule has 0 aliphatic carbocycles. The summed E-state index contributed by atoms with van der Waals surface area (Å²) in [7, 11) is 0. The van der Waals surface area contributed by atoms with Crippen LogP contribution in [0.25, 0.3) is 0 Å². The van der Waals surface area contributed by atoms with E-state index in [0.717, 1.165) is 12.1 Å². The summed E-state index contributed by atoms with van der Waals surface area (Å²) >= 11 is 0. The molecule has 0 radical (unpaired) electrons. The van der Waals surface area contributed by atoms with Crippen LogP contribution in [-0.4, -0.2) is 33.7 Å². The molecule has 6 nitrogen and oxygen atoms in total. The Kier molecular flexibility index (Phi) is 4.79. The number of nitrogens with two attached hydrogens (primary N) is 1. The number of benzene rings is 1. The Balaban J connectivity index is 2.90. The first-order valence-electron chi connectivity index (χ1n) is 5.33. The molecule has 0 heterocycles. The number of aliphatic hydroxyl groups is 2. The number of hydrogen-bond donors (Lipinski definition) is 4. The highest BCUT2D eigenvalue weighted by Gasteiger charge is 2.31. The number of alkyl halides is 3. The van der Waals surface area contributed by atoms with Crippen LogP contribution < -0.4 is 10.5 Å². The molecule has 0 fully saturated rings. The Hall–Kier alpha value is -2.00. The summed E-state index contributed by atoms with van der Waals surface area (Å²) in [5.74, 6) is -2.29. The van der Waals surface area contributed by atoms with Crippen molar-refractivity contribution in [3.8, 4) is 11.5 Å². The fourth-order valence-corrected chi connectivity index (χ4v) is 1.50. The summed E-state index contributed by atoms with van der Waals surface area (Å²) < 4.78 is 39.4. The monoisotopic (exact) mass is 295 g/mol. The van der Waals surface area contributed by atoms with Crippen molar-refractivity contribution in [2.45, 2.75) is 25.0 Å². The van der Waals surface area contributed by atoms with Crippen molar-refractivity contribution in [3.05, 3.63) is 23.8 Å². The maximum atomic E-state index is 12.0. The average Bonchev–Trinajstić information content (AvgIpc) is 2.25. The third-order valence-electron chi connectivity index (χ3n) is 2.33. The van der Waals surface area contributed by atoms with Gasteiger partial charge in [-0.3, -0.25) is 4.79 Å². The molecule has 0 aliphatic rings. The van der Waals surface area contributed by atoms with Crippen molar-refractivity contribution in [3.63, 3.8) is 0 Å². The molecule has 20 heavy (non-hydrogen) atoms. The van der Waals surface area contributed by atoms with Gasteiger partial charge in [-0.15, -0.1) is 13.2 Å². The van der Waals surface area contributed by atoms with Crippen LogP contribution in [-0.2, 0) is 4.79 Å².